The van der Waals surface area contributed by atoms with Gasteiger partial charge in [-0.25, -0.2) is 0 Å². The van der Waals surface area contributed by atoms with Crippen molar-refractivity contribution >= 4 is 23.2 Å². The highest BCUT2D eigenvalue weighted by Crippen LogP contribution is 2.38. The summed E-state index contributed by atoms with van der Waals surface area (Å²) < 4.78 is 0. The number of nitrogens with one attached hydrogen (secondary N) is 1. The molecule has 0 unspecified atom stereocenters. The SMILES string of the molecule is CCN(CC)c1ccc(NC(=O)C(=O)N2C(C)(C)CC(N)CC2(C)C)c(C)c1. The topological polar surface area (TPSA) is 78.7 Å². The molecule has 0 radical (unpaired) electrons. The Hall–Kier alpha value is -2.08. The molecule has 28 heavy (non-hydrogen) atoms. The van der Waals surface area contributed by atoms with E-state index in [1.807, 2.05) is 52.8 Å². The maximum absolute atomic E-state index is 13.1. The van der Waals surface area contributed by atoms with E-state index in [0.717, 1.165) is 24.3 Å². The number of hydrogen-bond acceptors (Lipinski definition) is 4. The van der Waals surface area contributed by atoms with Gasteiger partial charge in [0, 0.05) is 41.6 Å². The van der Waals surface area contributed by atoms with Gasteiger partial charge in [0.05, 0.1) is 0 Å². The summed E-state index contributed by atoms with van der Waals surface area (Å²) in [4.78, 5) is 29.8. The van der Waals surface area contributed by atoms with E-state index in [2.05, 4.69) is 24.1 Å². The molecule has 0 atom stereocenters. The third kappa shape index (κ3) is 4.49. The molecule has 1 heterocycles. The van der Waals surface area contributed by atoms with Crippen LogP contribution in [-0.2, 0) is 9.59 Å². The van der Waals surface area contributed by atoms with Crippen LogP contribution in [-0.4, -0.2) is 46.9 Å². The highest BCUT2D eigenvalue weighted by atomic mass is 16.2. The number of carbonyl (C=O) groups is 2. The van der Waals surface area contributed by atoms with E-state index in [-0.39, 0.29) is 6.04 Å². The summed E-state index contributed by atoms with van der Waals surface area (Å²) >= 11 is 0. The van der Waals surface area contributed by atoms with Gasteiger partial charge < -0.3 is 20.9 Å². The van der Waals surface area contributed by atoms with Gasteiger partial charge in [0.2, 0.25) is 0 Å². The molecule has 1 aromatic carbocycles. The van der Waals surface area contributed by atoms with Crippen molar-refractivity contribution in [3.05, 3.63) is 23.8 Å². The van der Waals surface area contributed by atoms with Crippen LogP contribution in [0.5, 0.6) is 0 Å². The smallest absolute Gasteiger partial charge is 0.313 e. The fourth-order valence-electron chi connectivity index (χ4n) is 4.76. The number of hydrogen-bond donors (Lipinski definition) is 2. The van der Waals surface area contributed by atoms with Gasteiger partial charge in [0.15, 0.2) is 0 Å². The number of amides is 2. The lowest BCUT2D eigenvalue weighted by Gasteiger charge is -2.54. The van der Waals surface area contributed by atoms with Crippen LogP contribution in [0.1, 0.15) is 59.9 Å². The number of piperidine rings is 1. The van der Waals surface area contributed by atoms with Crippen LogP contribution < -0.4 is 16.0 Å². The fraction of sp³-hybridized carbons (Fsp3) is 0.636. The van der Waals surface area contributed by atoms with Crippen LogP contribution in [0.3, 0.4) is 0 Å². The molecule has 1 saturated heterocycles. The third-order valence-electron chi connectivity index (χ3n) is 5.72. The molecule has 3 N–H and O–H groups in total. The minimum atomic E-state index is -0.602. The number of rotatable bonds is 4. The number of nitrogens with two attached hydrogens (primary N) is 1. The predicted octanol–water partition coefficient (Wildman–Crippen LogP) is 3.29. The van der Waals surface area contributed by atoms with Gasteiger partial charge >= 0.3 is 11.8 Å². The van der Waals surface area contributed by atoms with Gasteiger partial charge in [-0.2, -0.15) is 0 Å². The zero-order valence-corrected chi connectivity index (χ0v) is 18.4. The second-order valence-corrected chi connectivity index (χ2v) is 9.06. The first kappa shape index (κ1) is 22.2. The lowest BCUT2D eigenvalue weighted by Crippen LogP contribution is -2.66. The van der Waals surface area contributed by atoms with Crippen molar-refractivity contribution in [1.82, 2.24) is 4.90 Å². The van der Waals surface area contributed by atoms with Crippen LogP contribution in [0, 0.1) is 6.92 Å². The van der Waals surface area contributed by atoms with Gasteiger partial charge in [0.25, 0.3) is 0 Å². The van der Waals surface area contributed by atoms with Gasteiger partial charge in [-0.05, 0) is 85.1 Å². The Morgan fingerprint density at radius 1 is 1.14 bits per heavy atom. The molecule has 0 saturated carbocycles. The van der Waals surface area contributed by atoms with E-state index in [1.54, 1.807) is 4.90 Å². The van der Waals surface area contributed by atoms with Crippen molar-refractivity contribution in [2.24, 2.45) is 5.73 Å². The Morgan fingerprint density at radius 2 is 1.68 bits per heavy atom. The zero-order valence-electron chi connectivity index (χ0n) is 18.4. The standard InChI is InChI=1S/C22H36N4O2/c1-8-25(9-2)17-10-11-18(15(3)12-17)24-19(27)20(28)26-21(4,5)13-16(23)14-22(26,6)7/h10-12,16H,8-9,13-14,23H2,1-7H3,(H,24,27). The average molecular weight is 389 g/mol. The Kier molecular flexibility index (Phi) is 6.44. The Labute approximate surface area is 169 Å². The summed E-state index contributed by atoms with van der Waals surface area (Å²) in [6, 6.07) is 5.91. The summed E-state index contributed by atoms with van der Waals surface area (Å²) in [5.41, 5.74) is 7.95. The van der Waals surface area contributed by atoms with Gasteiger partial charge in [-0.1, -0.05) is 0 Å². The van der Waals surface area contributed by atoms with E-state index in [9.17, 15) is 9.59 Å². The molecule has 6 nitrogen and oxygen atoms in total. The molecule has 1 aliphatic rings. The fourth-order valence-corrected chi connectivity index (χ4v) is 4.76. The van der Waals surface area contributed by atoms with E-state index < -0.39 is 22.9 Å². The van der Waals surface area contributed by atoms with Crippen molar-refractivity contribution < 1.29 is 9.59 Å². The van der Waals surface area contributed by atoms with E-state index in [0.29, 0.717) is 18.5 Å². The highest BCUT2D eigenvalue weighted by Gasteiger charge is 2.48. The largest absolute Gasteiger partial charge is 0.372 e. The van der Waals surface area contributed by atoms with Crippen molar-refractivity contribution in [2.75, 3.05) is 23.3 Å². The second-order valence-electron chi connectivity index (χ2n) is 9.06. The monoisotopic (exact) mass is 388 g/mol. The van der Waals surface area contributed by atoms with Crippen LogP contribution in [0.15, 0.2) is 18.2 Å². The number of likely N-dealkylation sites (tertiary alicyclic amines) is 1. The third-order valence-corrected chi connectivity index (χ3v) is 5.72. The number of nitrogens with zero attached hydrogens (tertiary/aromatic N) is 2. The predicted molar refractivity (Wildman–Crippen MR) is 116 cm³/mol. The van der Waals surface area contributed by atoms with E-state index >= 15 is 0 Å². The summed E-state index contributed by atoms with van der Waals surface area (Å²) in [5.74, 6) is -1.11. The molecule has 2 amide bonds. The number of benzene rings is 1. The molecule has 1 aromatic rings. The van der Waals surface area contributed by atoms with Gasteiger partial charge in [-0.3, -0.25) is 9.59 Å². The van der Waals surface area contributed by atoms with E-state index in [1.165, 1.54) is 0 Å². The van der Waals surface area contributed by atoms with Crippen molar-refractivity contribution in [3.8, 4) is 0 Å². The first-order chi connectivity index (χ1) is 12.9. The van der Waals surface area contributed by atoms with Gasteiger partial charge in [-0.15, -0.1) is 0 Å². The average Bonchev–Trinajstić information content (AvgIpc) is 2.55. The Balaban J connectivity index is 2.21. The molecule has 0 spiro atoms. The maximum atomic E-state index is 13.1. The summed E-state index contributed by atoms with van der Waals surface area (Å²) in [5, 5.41) is 2.82. The number of carbonyl (C=O) groups excluding carboxylic acids is 2. The molecule has 156 valence electrons. The minimum absolute atomic E-state index is 0.0203. The summed E-state index contributed by atoms with van der Waals surface area (Å²) in [7, 11) is 0. The quantitative estimate of drug-likeness (QED) is 0.776. The van der Waals surface area contributed by atoms with E-state index in [4.69, 9.17) is 5.73 Å². The van der Waals surface area contributed by atoms with Gasteiger partial charge in [0.1, 0.15) is 0 Å². The Morgan fingerprint density at radius 3 is 2.14 bits per heavy atom. The molecular weight excluding hydrogens is 352 g/mol. The molecule has 1 fully saturated rings. The lowest BCUT2D eigenvalue weighted by atomic mass is 9.77. The second kappa shape index (κ2) is 8.11. The first-order valence-corrected chi connectivity index (χ1v) is 10.2. The summed E-state index contributed by atoms with van der Waals surface area (Å²) in [6.07, 6.45) is 1.35. The highest BCUT2D eigenvalue weighted by molar-refractivity contribution is 6.40. The first-order valence-electron chi connectivity index (χ1n) is 10.2. The zero-order chi connectivity index (χ0) is 21.3. The molecule has 1 aliphatic heterocycles. The lowest BCUT2D eigenvalue weighted by molar-refractivity contribution is -0.156. The van der Waals surface area contributed by atoms with Crippen LogP contribution in [0.2, 0.25) is 0 Å². The molecule has 2 rings (SSSR count). The molecule has 0 aromatic heterocycles. The molecule has 0 aliphatic carbocycles. The van der Waals surface area contributed by atoms with Crippen molar-refractivity contribution in [2.45, 2.75) is 78.4 Å². The number of aryl methyl sites for hydroxylation is 1. The molecule has 6 heteroatoms. The number of anilines is 2. The summed E-state index contributed by atoms with van der Waals surface area (Å²) in [6.45, 7) is 15.9. The van der Waals surface area contributed by atoms with Crippen LogP contribution >= 0.6 is 0 Å². The van der Waals surface area contributed by atoms with Crippen LogP contribution in [0.25, 0.3) is 0 Å². The molecule has 0 bridgehead atoms. The van der Waals surface area contributed by atoms with Crippen molar-refractivity contribution in [1.29, 1.82) is 0 Å². The van der Waals surface area contributed by atoms with Crippen molar-refractivity contribution in [3.63, 3.8) is 0 Å². The normalized spacial score (nSPS) is 18.6. The maximum Gasteiger partial charge on any atom is 0.313 e. The van der Waals surface area contributed by atoms with Crippen LogP contribution in [0.4, 0.5) is 11.4 Å². The minimum Gasteiger partial charge on any atom is -0.372 e. The molecular formula is C22H36N4O2. The Bertz CT molecular complexity index is 720.